The maximum absolute atomic E-state index is 14.6. The SMILES string of the molecule is Cc1ccc2c(C(CF)C(=O)C(CF)c3cn(C(C)C)c4cc(C)ccc34)cn(C(C)C)c2c1. The molecular formula is C29H34F2N2O. The molecule has 2 heterocycles. The summed E-state index contributed by atoms with van der Waals surface area (Å²) >= 11 is 0. The lowest BCUT2D eigenvalue weighted by atomic mass is 9.84. The molecule has 2 atom stereocenters. The molecule has 5 heteroatoms. The zero-order chi connectivity index (χ0) is 24.7. The highest BCUT2D eigenvalue weighted by molar-refractivity contribution is 6.00. The minimum absolute atomic E-state index is 0.151. The maximum atomic E-state index is 14.6. The van der Waals surface area contributed by atoms with Gasteiger partial charge in [-0.1, -0.05) is 24.3 Å². The number of aryl methyl sites for hydroxylation is 2. The van der Waals surface area contributed by atoms with E-state index >= 15 is 0 Å². The van der Waals surface area contributed by atoms with Crippen LogP contribution in [0.2, 0.25) is 0 Å². The Bertz CT molecular complexity index is 1240. The number of rotatable bonds is 8. The molecular weight excluding hydrogens is 430 g/mol. The molecule has 0 radical (unpaired) electrons. The second kappa shape index (κ2) is 9.36. The molecule has 0 fully saturated rings. The third kappa shape index (κ3) is 4.06. The van der Waals surface area contributed by atoms with Gasteiger partial charge >= 0.3 is 0 Å². The number of benzene rings is 2. The van der Waals surface area contributed by atoms with E-state index in [0.29, 0.717) is 11.1 Å². The van der Waals surface area contributed by atoms with Gasteiger partial charge in [0, 0.05) is 46.3 Å². The summed E-state index contributed by atoms with van der Waals surface area (Å²) < 4.78 is 33.3. The second-order valence-electron chi connectivity index (χ2n) is 10.0. The molecule has 2 unspecified atom stereocenters. The number of halogens is 2. The number of hydrogen-bond donors (Lipinski definition) is 0. The van der Waals surface area contributed by atoms with E-state index in [4.69, 9.17) is 0 Å². The van der Waals surface area contributed by atoms with Crippen molar-refractivity contribution in [1.29, 1.82) is 0 Å². The van der Waals surface area contributed by atoms with Gasteiger partial charge in [-0.05, 0) is 75.9 Å². The monoisotopic (exact) mass is 464 g/mol. The van der Waals surface area contributed by atoms with Gasteiger partial charge in [-0.15, -0.1) is 0 Å². The van der Waals surface area contributed by atoms with Crippen LogP contribution in [0.5, 0.6) is 0 Å². The summed E-state index contributed by atoms with van der Waals surface area (Å²) in [6.07, 6.45) is 3.76. The van der Waals surface area contributed by atoms with E-state index in [1.807, 2.05) is 50.5 Å². The van der Waals surface area contributed by atoms with Gasteiger partial charge in [0.1, 0.15) is 13.3 Å². The first kappa shape index (κ1) is 24.2. The predicted molar refractivity (Wildman–Crippen MR) is 137 cm³/mol. The Morgan fingerprint density at radius 1 is 0.735 bits per heavy atom. The number of carbonyl (C=O) groups is 1. The fourth-order valence-electron chi connectivity index (χ4n) is 5.05. The third-order valence-electron chi connectivity index (χ3n) is 6.90. The number of aromatic nitrogens is 2. The van der Waals surface area contributed by atoms with Gasteiger partial charge in [0.05, 0.1) is 11.8 Å². The van der Waals surface area contributed by atoms with Crippen LogP contribution in [-0.2, 0) is 4.79 Å². The van der Waals surface area contributed by atoms with E-state index in [-0.39, 0.29) is 12.1 Å². The van der Waals surface area contributed by atoms with E-state index in [1.165, 1.54) is 0 Å². The molecule has 3 nitrogen and oxygen atoms in total. The summed E-state index contributed by atoms with van der Waals surface area (Å²) in [5, 5.41) is 1.71. The second-order valence-corrected chi connectivity index (χ2v) is 10.0. The van der Waals surface area contributed by atoms with Gasteiger partial charge < -0.3 is 9.13 Å². The molecule has 0 N–H and O–H groups in total. The first-order valence-electron chi connectivity index (χ1n) is 12.1. The van der Waals surface area contributed by atoms with Crippen LogP contribution in [-0.4, -0.2) is 28.3 Å². The van der Waals surface area contributed by atoms with Crippen LogP contribution in [0.15, 0.2) is 48.8 Å². The molecule has 0 aliphatic rings. The van der Waals surface area contributed by atoms with Crippen LogP contribution in [0.3, 0.4) is 0 Å². The lowest BCUT2D eigenvalue weighted by Crippen LogP contribution is -2.23. The first-order chi connectivity index (χ1) is 16.2. The number of fused-ring (bicyclic) bond motifs is 2. The quantitative estimate of drug-likeness (QED) is 0.262. The van der Waals surface area contributed by atoms with Gasteiger partial charge in [-0.25, -0.2) is 8.78 Å². The lowest BCUT2D eigenvalue weighted by Gasteiger charge is -2.18. The van der Waals surface area contributed by atoms with E-state index in [9.17, 15) is 13.6 Å². The standard InChI is InChI=1S/C29H34F2N2O/c1-17(2)32-15-25(21-9-7-19(5)11-27(21)32)23(13-30)29(34)24(14-31)26-16-33(18(3)4)28-12-20(6)8-10-22(26)28/h7-12,15-18,23-24H,13-14H2,1-6H3. The van der Waals surface area contributed by atoms with Crippen molar-refractivity contribution in [2.75, 3.05) is 13.3 Å². The first-order valence-corrected chi connectivity index (χ1v) is 12.1. The molecule has 34 heavy (non-hydrogen) atoms. The Labute approximate surface area is 200 Å². The highest BCUT2D eigenvalue weighted by Crippen LogP contribution is 2.38. The molecule has 0 amide bonds. The summed E-state index contributed by atoms with van der Waals surface area (Å²) in [5.74, 6) is -2.44. The van der Waals surface area contributed by atoms with Crippen LogP contribution in [0.4, 0.5) is 8.78 Å². The highest BCUT2D eigenvalue weighted by Gasteiger charge is 2.34. The minimum atomic E-state index is -1.02. The van der Waals surface area contributed by atoms with Crippen molar-refractivity contribution in [3.63, 3.8) is 0 Å². The average Bonchev–Trinajstić information content (AvgIpc) is 3.34. The Balaban J connectivity index is 1.84. The van der Waals surface area contributed by atoms with Crippen LogP contribution >= 0.6 is 0 Å². The molecule has 0 aliphatic heterocycles. The number of alkyl halides is 2. The Kier molecular flexibility index (Phi) is 6.66. The zero-order valence-electron chi connectivity index (χ0n) is 20.9. The molecule has 0 aliphatic carbocycles. The topological polar surface area (TPSA) is 26.9 Å². The van der Waals surface area contributed by atoms with Crippen molar-refractivity contribution in [3.8, 4) is 0 Å². The summed E-state index contributed by atoms with van der Waals surface area (Å²) in [4.78, 5) is 13.8. The highest BCUT2D eigenvalue weighted by atomic mass is 19.1. The van der Waals surface area contributed by atoms with E-state index in [1.54, 1.807) is 0 Å². The molecule has 0 bridgehead atoms. The van der Waals surface area contributed by atoms with E-state index in [0.717, 1.165) is 32.9 Å². The van der Waals surface area contributed by atoms with Crippen molar-refractivity contribution in [2.45, 2.75) is 65.5 Å². The van der Waals surface area contributed by atoms with Crippen LogP contribution in [0.1, 0.15) is 73.9 Å². The number of hydrogen-bond acceptors (Lipinski definition) is 1. The molecule has 4 aromatic rings. The molecule has 2 aromatic heterocycles. The number of Topliss-reactive ketones (excluding diaryl/α,β-unsaturated/α-hetero) is 1. The lowest BCUT2D eigenvalue weighted by molar-refractivity contribution is -0.122. The fourth-order valence-corrected chi connectivity index (χ4v) is 5.05. The van der Waals surface area contributed by atoms with Crippen molar-refractivity contribution >= 4 is 27.6 Å². The zero-order valence-corrected chi connectivity index (χ0v) is 20.9. The third-order valence-corrected chi connectivity index (χ3v) is 6.90. The van der Waals surface area contributed by atoms with Crippen LogP contribution in [0, 0.1) is 13.8 Å². The Morgan fingerprint density at radius 3 is 1.44 bits per heavy atom. The van der Waals surface area contributed by atoms with Gasteiger partial charge in [-0.2, -0.15) is 0 Å². The molecule has 2 aromatic carbocycles. The summed E-state index contributed by atoms with van der Waals surface area (Å²) in [7, 11) is 0. The Hall–Kier alpha value is -2.95. The van der Waals surface area contributed by atoms with Gasteiger partial charge in [0.2, 0.25) is 0 Å². The molecule has 0 spiro atoms. The summed E-state index contributed by atoms with van der Waals surface area (Å²) in [6.45, 7) is 10.6. The maximum Gasteiger partial charge on any atom is 0.153 e. The number of nitrogens with zero attached hydrogens (tertiary/aromatic N) is 2. The normalized spacial score (nSPS) is 13.9. The largest absolute Gasteiger partial charge is 0.345 e. The van der Waals surface area contributed by atoms with E-state index < -0.39 is 31.0 Å². The Morgan fingerprint density at radius 2 is 1.12 bits per heavy atom. The molecule has 4 rings (SSSR count). The number of carbonyl (C=O) groups excluding carboxylic acids is 1. The molecule has 180 valence electrons. The molecule has 0 saturated heterocycles. The van der Waals surface area contributed by atoms with Crippen molar-refractivity contribution in [2.24, 2.45) is 0 Å². The molecule has 0 saturated carbocycles. The predicted octanol–water partition coefficient (Wildman–Crippen LogP) is 7.75. The van der Waals surface area contributed by atoms with Crippen molar-refractivity contribution in [1.82, 2.24) is 9.13 Å². The van der Waals surface area contributed by atoms with E-state index in [2.05, 4.69) is 49.0 Å². The smallest absolute Gasteiger partial charge is 0.153 e. The van der Waals surface area contributed by atoms with Gasteiger partial charge in [-0.3, -0.25) is 4.79 Å². The minimum Gasteiger partial charge on any atom is -0.345 e. The van der Waals surface area contributed by atoms with Gasteiger partial charge in [0.25, 0.3) is 0 Å². The summed E-state index contributed by atoms with van der Waals surface area (Å²) in [5.41, 5.74) is 5.41. The number of ketones is 1. The van der Waals surface area contributed by atoms with Gasteiger partial charge in [0.15, 0.2) is 5.78 Å². The average molecular weight is 465 g/mol. The van der Waals surface area contributed by atoms with Crippen molar-refractivity contribution in [3.05, 3.63) is 71.0 Å². The van der Waals surface area contributed by atoms with Crippen molar-refractivity contribution < 1.29 is 13.6 Å². The van der Waals surface area contributed by atoms with Crippen LogP contribution in [0.25, 0.3) is 21.8 Å². The fraction of sp³-hybridized carbons (Fsp3) is 0.414. The van der Waals surface area contributed by atoms with Crippen LogP contribution < -0.4 is 0 Å². The summed E-state index contributed by atoms with van der Waals surface area (Å²) in [6, 6.07) is 12.3.